The van der Waals surface area contributed by atoms with Gasteiger partial charge in [-0.2, -0.15) is 11.3 Å². The molecule has 1 N–H and O–H groups in total. The van der Waals surface area contributed by atoms with Crippen LogP contribution in [0.15, 0.2) is 28.7 Å². The van der Waals surface area contributed by atoms with Crippen LogP contribution in [0.25, 0.3) is 0 Å². The fourth-order valence-electron chi connectivity index (χ4n) is 1.80. The maximum Gasteiger partial charge on any atom is 0.113 e. The van der Waals surface area contributed by atoms with Gasteiger partial charge in [0, 0.05) is 0 Å². The fourth-order valence-corrected chi connectivity index (χ4v) is 2.49. The lowest BCUT2D eigenvalue weighted by molar-refractivity contribution is 0.168. The molecule has 2 rings (SSSR count). The van der Waals surface area contributed by atoms with Crippen molar-refractivity contribution in [2.45, 2.75) is 25.8 Å². The number of thiophene rings is 1. The van der Waals surface area contributed by atoms with Gasteiger partial charge in [0.2, 0.25) is 0 Å². The summed E-state index contributed by atoms with van der Waals surface area (Å²) in [5.41, 5.74) is 1.31. The Morgan fingerprint density at radius 2 is 2.53 bits per heavy atom. The molecular formula is C12H17NOS. The van der Waals surface area contributed by atoms with Crippen LogP contribution in [0.2, 0.25) is 0 Å². The first-order chi connectivity index (χ1) is 7.42. The van der Waals surface area contributed by atoms with Gasteiger partial charge in [0.15, 0.2) is 0 Å². The van der Waals surface area contributed by atoms with E-state index in [-0.39, 0.29) is 6.04 Å². The predicted octanol–water partition coefficient (Wildman–Crippen LogP) is 3.09. The molecule has 1 aliphatic rings. The molecule has 1 aromatic heterocycles. The summed E-state index contributed by atoms with van der Waals surface area (Å²) < 4.78 is 5.72. The zero-order valence-electron chi connectivity index (χ0n) is 9.03. The first-order valence-electron chi connectivity index (χ1n) is 5.50. The van der Waals surface area contributed by atoms with E-state index in [0.717, 1.165) is 31.8 Å². The zero-order valence-corrected chi connectivity index (χ0v) is 9.85. The fraction of sp³-hybridized carbons (Fsp3) is 0.500. The van der Waals surface area contributed by atoms with Crippen LogP contribution in [-0.4, -0.2) is 13.2 Å². The summed E-state index contributed by atoms with van der Waals surface area (Å²) in [6.07, 6.45) is 4.50. The molecule has 0 saturated heterocycles. The Hall–Kier alpha value is -0.800. The molecule has 15 heavy (non-hydrogen) atoms. The SMILES string of the molecule is CCNC(C1=CCCCO1)c1ccsc1. The van der Waals surface area contributed by atoms with Crippen molar-refractivity contribution in [1.82, 2.24) is 5.32 Å². The summed E-state index contributed by atoms with van der Waals surface area (Å²) >= 11 is 1.73. The highest BCUT2D eigenvalue weighted by atomic mass is 32.1. The first kappa shape index (κ1) is 10.7. The lowest BCUT2D eigenvalue weighted by atomic mass is 10.1. The van der Waals surface area contributed by atoms with Gasteiger partial charge in [-0.25, -0.2) is 0 Å². The highest BCUT2D eigenvalue weighted by Crippen LogP contribution is 2.27. The van der Waals surface area contributed by atoms with Gasteiger partial charge in [-0.1, -0.05) is 6.92 Å². The highest BCUT2D eigenvalue weighted by molar-refractivity contribution is 7.08. The third kappa shape index (κ3) is 2.61. The number of hydrogen-bond donors (Lipinski definition) is 1. The Morgan fingerprint density at radius 1 is 1.60 bits per heavy atom. The van der Waals surface area contributed by atoms with Crippen molar-refractivity contribution in [2.24, 2.45) is 0 Å². The molecule has 2 nitrogen and oxygen atoms in total. The number of allylic oxidation sites excluding steroid dienone is 1. The van der Waals surface area contributed by atoms with Gasteiger partial charge < -0.3 is 10.1 Å². The summed E-state index contributed by atoms with van der Waals surface area (Å²) in [6.45, 7) is 3.95. The predicted molar refractivity (Wildman–Crippen MR) is 64.0 cm³/mol. The van der Waals surface area contributed by atoms with Crippen LogP contribution in [0.1, 0.15) is 31.4 Å². The first-order valence-corrected chi connectivity index (χ1v) is 6.44. The van der Waals surface area contributed by atoms with E-state index in [0.29, 0.717) is 0 Å². The van der Waals surface area contributed by atoms with Gasteiger partial charge in [-0.3, -0.25) is 0 Å². The molecule has 0 fully saturated rings. The summed E-state index contributed by atoms with van der Waals surface area (Å²) in [5.74, 6) is 1.10. The molecule has 0 amide bonds. The molecule has 1 unspecified atom stereocenters. The second kappa shape index (κ2) is 5.33. The Bertz CT molecular complexity index is 318. The summed E-state index contributed by atoms with van der Waals surface area (Å²) in [5, 5.41) is 7.77. The standard InChI is InChI=1S/C12H17NOS/c1-2-13-12(10-6-8-15-9-10)11-5-3-4-7-14-11/h5-6,8-9,12-13H,2-4,7H2,1H3. The molecule has 0 aromatic carbocycles. The maximum atomic E-state index is 5.72. The molecule has 0 bridgehead atoms. The van der Waals surface area contributed by atoms with Crippen LogP contribution in [-0.2, 0) is 4.74 Å². The van der Waals surface area contributed by atoms with Crippen LogP contribution >= 0.6 is 11.3 Å². The van der Waals surface area contributed by atoms with Crippen molar-refractivity contribution in [3.05, 3.63) is 34.2 Å². The zero-order chi connectivity index (χ0) is 10.5. The van der Waals surface area contributed by atoms with Gasteiger partial charge in [-0.15, -0.1) is 0 Å². The van der Waals surface area contributed by atoms with Crippen molar-refractivity contribution < 1.29 is 4.74 Å². The number of hydrogen-bond acceptors (Lipinski definition) is 3. The number of likely N-dealkylation sites (N-methyl/N-ethyl adjacent to an activating group) is 1. The van der Waals surface area contributed by atoms with Crippen molar-refractivity contribution in [3.8, 4) is 0 Å². The van der Waals surface area contributed by atoms with E-state index >= 15 is 0 Å². The Balaban J connectivity index is 2.15. The smallest absolute Gasteiger partial charge is 0.113 e. The second-order valence-electron chi connectivity index (χ2n) is 3.64. The molecule has 0 aliphatic carbocycles. The third-order valence-electron chi connectivity index (χ3n) is 2.53. The van der Waals surface area contributed by atoms with E-state index in [1.165, 1.54) is 5.56 Å². The second-order valence-corrected chi connectivity index (χ2v) is 4.42. The Morgan fingerprint density at radius 3 is 3.13 bits per heavy atom. The minimum absolute atomic E-state index is 0.251. The molecule has 0 saturated carbocycles. The molecule has 2 heterocycles. The van der Waals surface area contributed by atoms with Gasteiger partial charge in [-0.05, 0) is 47.9 Å². The van der Waals surface area contributed by atoms with Crippen molar-refractivity contribution in [3.63, 3.8) is 0 Å². The van der Waals surface area contributed by atoms with Crippen molar-refractivity contribution in [2.75, 3.05) is 13.2 Å². The molecule has 1 aromatic rings. The van der Waals surface area contributed by atoms with E-state index < -0.39 is 0 Å². The van der Waals surface area contributed by atoms with Crippen molar-refractivity contribution in [1.29, 1.82) is 0 Å². The summed E-state index contributed by atoms with van der Waals surface area (Å²) in [6, 6.07) is 2.41. The number of nitrogens with one attached hydrogen (secondary N) is 1. The molecule has 3 heteroatoms. The van der Waals surface area contributed by atoms with Crippen LogP contribution in [0.3, 0.4) is 0 Å². The largest absolute Gasteiger partial charge is 0.496 e. The van der Waals surface area contributed by atoms with E-state index in [9.17, 15) is 0 Å². The quantitative estimate of drug-likeness (QED) is 0.847. The van der Waals surface area contributed by atoms with E-state index in [2.05, 4.69) is 35.1 Å². The highest BCUT2D eigenvalue weighted by Gasteiger charge is 2.18. The molecule has 1 aliphatic heterocycles. The van der Waals surface area contributed by atoms with E-state index in [1.807, 2.05) is 0 Å². The maximum absolute atomic E-state index is 5.72. The molecule has 0 radical (unpaired) electrons. The summed E-state index contributed by atoms with van der Waals surface area (Å²) in [4.78, 5) is 0. The molecular weight excluding hydrogens is 206 g/mol. The average molecular weight is 223 g/mol. The molecule has 1 atom stereocenters. The van der Waals surface area contributed by atoms with Crippen LogP contribution in [0.5, 0.6) is 0 Å². The van der Waals surface area contributed by atoms with Gasteiger partial charge in [0.1, 0.15) is 5.76 Å². The van der Waals surface area contributed by atoms with Crippen LogP contribution in [0.4, 0.5) is 0 Å². The van der Waals surface area contributed by atoms with Gasteiger partial charge >= 0.3 is 0 Å². The topological polar surface area (TPSA) is 21.3 Å². The Kier molecular flexibility index (Phi) is 3.80. The summed E-state index contributed by atoms with van der Waals surface area (Å²) in [7, 11) is 0. The lowest BCUT2D eigenvalue weighted by Gasteiger charge is -2.23. The number of rotatable bonds is 4. The minimum Gasteiger partial charge on any atom is -0.496 e. The van der Waals surface area contributed by atoms with Gasteiger partial charge in [0.05, 0.1) is 12.6 Å². The lowest BCUT2D eigenvalue weighted by Crippen LogP contribution is -2.24. The monoisotopic (exact) mass is 223 g/mol. The normalized spacial score (nSPS) is 18.1. The number of ether oxygens (including phenoxy) is 1. The van der Waals surface area contributed by atoms with Crippen LogP contribution < -0.4 is 5.32 Å². The minimum atomic E-state index is 0.251. The Labute approximate surface area is 95.0 Å². The van der Waals surface area contributed by atoms with Gasteiger partial charge in [0.25, 0.3) is 0 Å². The third-order valence-corrected chi connectivity index (χ3v) is 3.23. The molecule has 0 spiro atoms. The van der Waals surface area contributed by atoms with Crippen molar-refractivity contribution >= 4 is 11.3 Å². The molecule has 82 valence electrons. The van der Waals surface area contributed by atoms with Crippen LogP contribution in [0, 0.1) is 0 Å². The average Bonchev–Trinajstić information content (AvgIpc) is 2.80. The van der Waals surface area contributed by atoms with E-state index in [4.69, 9.17) is 4.74 Å². The van der Waals surface area contributed by atoms with E-state index in [1.54, 1.807) is 11.3 Å².